The molecule has 0 spiro atoms. The molecule has 0 atom stereocenters. The first-order chi connectivity index (χ1) is 9.24. The monoisotopic (exact) mass is 296 g/mol. The molecule has 0 radical (unpaired) electrons. The summed E-state index contributed by atoms with van der Waals surface area (Å²) in [5, 5.41) is 1.28. The van der Waals surface area contributed by atoms with Crippen LogP contribution in [0.25, 0.3) is 0 Å². The summed E-state index contributed by atoms with van der Waals surface area (Å²) in [4.78, 5) is 4.40. The van der Waals surface area contributed by atoms with Gasteiger partial charge in [-0.15, -0.1) is 0 Å². The van der Waals surface area contributed by atoms with Crippen LogP contribution in [0.4, 0.5) is 0 Å². The first kappa shape index (κ1) is 12.8. The number of nitrogens with zero attached hydrogens (tertiary/aromatic N) is 2. The van der Waals surface area contributed by atoms with Crippen LogP contribution in [-0.2, 0) is 19.6 Å². The Morgan fingerprint density at radius 1 is 1.16 bits per heavy atom. The predicted octanol–water partition coefficient (Wildman–Crippen LogP) is 4.11. The van der Waals surface area contributed by atoms with Crippen LogP contribution in [0.1, 0.15) is 24.2 Å². The minimum atomic E-state index is 0.448. The van der Waals surface area contributed by atoms with E-state index in [1.165, 1.54) is 18.5 Å². The summed E-state index contributed by atoms with van der Waals surface area (Å²) in [5.41, 5.74) is 2.16. The molecular weight excluding hydrogens is 283 g/mol. The Morgan fingerprint density at radius 2 is 1.95 bits per heavy atom. The largest absolute Gasteiger partial charge is 0.487 e. The van der Waals surface area contributed by atoms with Gasteiger partial charge in [0.05, 0.1) is 0 Å². The van der Waals surface area contributed by atoms with E-state index in [1.807, 2.05) is 24.3 Å². The van der Waals surface area contributed by atoms with Gasteiger partial charge in [0.25, 0.3) is 0 Å². The number of fused-ring (bicyclic) bond motifs is 1. The molecule has 19 heavy (non-hydrogen) atoms. The summed E-state index contributed by atoms with van der Waals surface area (Å²) >= 11 is 12.0. The summed E-state index contributed by atoms with van der Waals surface area (Å²) in [7, 11) is 0. The molecule has 0 bridgehead atoms. The molecule has 1 aliphatic rings. The third kappa shape index (κ3) is 2.72. The van der Waals surface area contributed by atoms with Gasteiger partial charge in [0.1, 0.15) is 18.1 Å². The lowest BCUT2D eigenvalue weighted by atomic mass is 10.1. The first-order valence-electron chi connectivity index (χ1n) is 6.36. The van der Waals surface area contributed by atoms with Crippen LogP contribution >= 0.6 is 23.2 Å². The van der Waals surface area contributed by atoms with Crippen molar-refractivity contribution in [2.24, 2.45) is 0 Å². The van der Waals surface area contributed by atoms with Crippen LogP contribution < -0.4 is 4.74 Å². The van der Waals surface area contributed by atoms with Gasteiger partial charge in [0.15, 0.2) is 0 Å². The molecule has 2 heterocycles. The topological polar surface area (TPSA) is 27.1 Å². The van der Waals surface area contributed by atoms with Crippen molar-refractivity contribution in [1.29, 1.82) is 0 Å². The Morgan fingerprint density at radius 3 is 2.74 bits per heavy atom. The van der Waals surface area contributed by atoms with E-state index in [4.69, 9.17) is 27.9 Å². The van der Waals surface area contributed by atoms with E-state index >= 15 is 0 Å². The molecule has 0 fully saturated rings. The average Bonchev–Trinajstić information content (AvgIpc) is 2.76. The van der Waals surface area contributed by atoms with E-state index in [9.17, 15) is 0 Å². The predicted molar refractivity (Wildman–Crippen MR) is 76.0 cm³/mol. The van der Waals surface area contributed by atoms with Gasteiger partial charge in [-0.05, 0) is 55.1 Å². The Hall–Kier alpha value is -1.19. The molecule has 0 saturated heterocycles. The number of hydrogen-bond donors (Lipinski definition) is 0. The molecule has 2 aromatic rings. The fraction of sp³-hybridized carbons (Fsp3) is 0.357. The Kier molecular flexibility index (Phi) is 3.67. The highest BCUT2D eigenvalue weighted by molar-refractivity contribution is 6.30. The number of ether oxygens (including phenoxy) is 1. The minimum Gasteiger partial charge on any atom is -0.487 e. The SMILES string of the molecule is Clc1ccc(OCc2nc(Cl)n3c2CCCC3)cc1. The third-order valence-corrected chi connectivity index (χ3v) is 3.88. The summed E-state index contributed by atoms with van der Waals surface area (Å²) in [6.07, 6.45) is 3.38. The van der Waals surface area contributed by atoms with Gasteiger partial charge >= 0.3 is 0 Å². The highest BCUT2D eigenvalue weighted by atomic mass is 35.5. The van der Waals surface area contributed by atoms with Gasteiger partial charge in [-0.3, -0.25) is 0 Å². The molecule has 0 unspecified atom stereocenters. The number of imidazole rings is 1. The number of rotatable bonds is 3. The van der Waals surface area contributed by atoms with E-state index in [-0.39, 0.29) is 0 Å². The molecule has 0 aliphatic carbocycles. The van der Waals surface area contributed by atoms with Crippen molar-refractivity contribution in [3.8, 4) is 5.75 Å². The maximum Gasteiger partial charge on any atom is 0.203 e. The number of hydrogen-bond acceptors (Lipinski definition) is 2. The smallest absolute Gasteiger partial charge is 0.203 e. The van der Waals surface area contributed by atoms with Crippen molar-refractivity contribution < 1.29 is 4.74 Å². The van der Waals surface area contributed by atoms with E-state index < -0.39 is 0 Å². The van der Waals surface area contributed by atoms with Crippen LogP contribution in [0, 0.1) is 0 Å². The van der Waals surface area contributed by atoms with Gasteiger partial charge < -0.3 is 9.30 Å². The maximum absolute atomic E-state index is 6.14. The lowest BCUT2D eigenvalue weighted by Gasteiger charge is -2.15. The van der Waals surface area contributed by atoms with Gasteiger partial charge in [-0.25, -0.2) is 4.98 Å². The molecule has 1 aromatic carbocycles. The van der Waals surface area contributed by atoms with Crippen molar-refractivity contribution in [3.63, 3.8) is 0 Å². The second kappa shape index (κ2) is 5.43. The first-order valence-corrected chi connectivity index (χ1v) is 7.12. The van der Waals surface area contributed by atoms with Gasteiger partial charge in [-0.1, -0.05) is 11.6 Å². The lowest BCUT2D eigenvalue weighted by Crippen LogP contribution is -2.11. The second-order valence-electron chi connectivity index (χ2n) is 4.63. The van der Waals surface area contributed by atoms with Gasteiger partial charge in [-0.2, -0.15) is 0 Å². The summed E-state index contributed by atoms with van der Waals surface area (Å²) < 4.78 is 7.82. The number of halogens is 2. The Bertz CT molecular complexity index is 578. The van der Waals surface area contributed by atoms with Crippen molar-refractivity contribution >= 4 is 23.2 Å². The van der Waals surface area contributed by atoms with Crippen molar-refractivity contribution in [2.45, 2.75) is 32.4 Å². The zero-order valence-electron chi connectivity index (χ0n) is 10.4. The van der Waals surface area contributed by atoms with E-state index in [0.29, 0.717) is 16.9 Å². The molecule has 0 amide bonds. The molecule has 0 N–H and O–H groups in total. The van der Waals surface area contributed by atoms with Gasteiger partial charge in [0, 0.05) is 17.3 Å². The van der Waals surface area contributed by atoms with Crippen molar-refractivity contribution in [1.82, 2.24) is 9.55 Å². The van der Waals surface area contributed by atoms with Crippen LogP contribution in [0.15, 0.2) is 24.3 Å². The van der Waals surface area contributed by atoms with Crippen LogP contribution in [0.2, 0.25) is 10.3 Å². The normalized spacial score (nSPS) is 14.2. The maximum atomic E-state index is 6.14. The molecule has 100 valence electrons. The van der Waals surface area contributed by atoms with Crippen LogP contribution in [0.5, 0.6) is 5.75 Å². The molecule has 5 heteroatoms. The van der Waals surface area contributed by atoms with Crippen molar-refractivity contribution in [3.05, 3.63) is 46.0 Å². The quantitative estimate of drug-likeness (QED) is 0.852. The minimum absolute atomic E-state index is 0.448. The zero-order chi connectivity index (χ0) is 13.2. The van der Waals surface area contributed by atoms with E-state index in [1.54, 1.807) is 0 Å². The standard InChI is InChI=1S/C14H14Cl2N2O/c15-10-4-6-11(7-5-10)19-9-12-13-3-1-2-8-18(13)14(16)17-12/h4-7H,1-3,8-9H2. The summed E-state index contributed by atoms with van der Waals surface area (Å²) in [6.45, 7) is 1.41. The van der Waals surface area contributed by atoms with E-state index in [0.717, 1.165) is 24.4 Å². The fourth-order valence-corrected chi connectivity index (χ4v) is 2.78. The highest BCUT2D eigenvalue weighted by Crippen LogP contribution is 2.25. The van der Waals surface area contributed by atoms with Gasteiger partial charge in [0.2, 0.25) is 5.28 Å². The molecule has 0 saturated carbocycles. The summed E-state index contributed by atoms with van der Waals surface area (Å²) in [6, 6.07) is 7.33. The zero-order valence-corrected chi connectivity index (χ0v) is 11.9. The lowest BCUT2D eigenvalue weighted by molar-refractivity contribution is 0.299. The molecule has 1 aliphatic heterocycles. The van der Waals surface area contributed by atoms with Crippen LogP contribution in [-0.4, -0.2) is 9.55 Å². The third-order valence-electron chi connectivity index (χ3n) is 3.34. The molecular formula is C14H14Cl2N2O. The molecule has 3 rings (SSSR count). The highest BCUT2D eigenvalue weighted by Gasteiger charge is 2.19. The molecule has 3 nitrogen and oxygen atoms in total. The number of aromatic nitrogens is 2. The number of benzene rings is 1. The second-order valence-corrected chi connectivity index (χ2v) is 5.40. The van der Waals surface area contributed by atoms with E-state index in [2.05, 4.69) is 9.55 Å². The Balaban J connectivity index is 1.75. The average molecular weight is 297 g/mol. The van der Waals surface area contributed by atoms with Crippen LogP contribution in [0.3, 0.4) is 0 Å². The Labute approximate surface area is 122 Å². The molecule has 1 aromatic heterocycles. The van der Waals surface area contributed by atoms with Crippen molar-refractivity contribution in [2.75, 3.05) is 0 Å². The fourth-order valence-electron chi connectivity index (χ4n) is 2.37. The summed E-state index contributed by atoms with van der Waals surface area (Å²) in [5.74, 6) is 0.790.